The maximum absolute atomic E-state index is 5.95. The van der Waals surface area contributed by atoms with Crippen molar-refractivity contribution < 1.29 is 9.15 Å². The molecule has 1 aromatic heterocycles. The van der Waals surface area contributed by atoms with E-state index in [1.165, 1.54) is 19.4 Å². The number of hydrogen-bond donors (Lipinski definition) is 2. The van der Waals surface area contributed by atoms with Gasteiger partial charge in [-0.1, -0.05) is 0 Å². The largest absolute Gasteiger partial charge is 0.469 e. The van der Waals surface area contributed by atoms with Crippen LogP contribution in [0.3, 0.4) is 0 Å². The zero-order valence-corrected chi connectivity index (χ0v) is 13.3. The quantitative estimate of drug-likeness (QED) is 0.624. The van der Waals surface area contributed by atoms with Crippen LogP contribution >= 0.6 is 0 Å². The first-order valence-electron chi connectivity index (χ1n) is 8.17. The number of ether oxygens (including phenoxy) is 1. The van der Waals surface area contributed by atoms with Crippen LogP contribution in [0.25, 0.3) is 0 Å². The fourth-order valence-corrected chi connectivity index (χ4v) is 3.20. The van der Waals surface area contributed by atoms with E-state index in [4.69, 9.17) is 9.15 Å². The molecule has 0 amide bonds. The lowest BCUT2D eigenvalue weighted by atomic mass is 10.2. The SMILES string of the molecule is CN=C(NCCc1ccco1)NCC1CN2CCCC2CO1. The van der Waals surface area contributed by atoms with E-state index in [1.54, 1.807) is 13.3 Å². The van der Waals surface area contributed by atoms with Gasteiger partial charge in [0.25, 0.3) is 0 Å². The molecule has 2 saturated heterocycles. The van der Waals surface area contributed by atoms with Crippen molar-refractivity contribution in [2.75, 3.05) is 39.8 Å². The Morgan fingerprint density at radius 3 is 3.23 bits per heavy atom. The van der Waals surface area contributed by atoms with Gasteiger partial charge < -0.3 is 19.8 Å². The number of nitrogens with one attached hydrogen (secondary N) is 2. The highest BCUT2D eigenvalue weighted by atomic mass is 16.5. The van der Waals surface area contributed by atoms with E-state index in [-0.39, 0.29) is 6.10 Å². The summed E-state index contributed by atoms with van der Waals surface area (Å²) in [7, 11) is 1.79. The Hall–Kier alpha value is -1.53. The molecule has 122 valence electrons. The summed E-state index contributed by atoms with van der Waals surface area (Å²) in [5.74, 6) is 1.80. The molecule has 2 atom stereocenters. The predicted octanol–water partition coefficient (Wildman–Crippen LogP) is 0.850. The maximum Gasteiger partial charge on any atom is 0.191 e. The normalized spacial score (nSPS) is 26.0. The van der Waals surface area contributed by atoms with E-state index >= 15 is 0 Å². The fraction of sp³-hybridized carbons (Fsp3) is 0.688. The molecule has 0 bridgehead atoms. The number of rotatable bonds is 5. The molecule has 2 aliphatic heterocycles. The highest BCUT2D eigenvalue weighted by Gasteiger charge is 2.32. The molecule has 6 heteroatoms. The minimum Gasteiger partial charge on any atom is -0.469 e. The van der Waals surface area contributed by atoms with Crippen LogP contribution in [0.4, 0.5) is 0 Å². The zero-order valence-electron chi connectivity index (χ0n) is 13.3. The number of guanidine groups is 1. The molecule has 3 heterocycles. The molecular weight excluding hydrogens is 280 g/mol. The van der Waals surface area contributed by atoms with Gasteiger partial charge in [-0.25, -0.2) is 0 Å². The van der Waals surface area contributed by atoms with Gasteiger partial charge in [-0.3, -0.25) is 9.89 Å². The van der Waals surface area contributed by atoms with Crippen molar-refractivity contribution in [2.24, 2.45) is 4.99 Å². The first-order valence-corrected chi connectivity index (χ1v) is 8.17. The van der Waals surface area contributed by atoms with Crippen molar-refractivity contribution in [1.82, 2.24) is 15.5 Å². The Kier molecular flexibility index (Phi) is 5.34. The minimum absolute atomic E-state index is 0.248. The molecule has 0 aliphatic carbocycles. The van der Waals surface area contributed by atoms with Gasteiger partial charge in [0.2, 0.25) is 0 Å². The maximum atomic E-state index is 5.95. The van der Waals surface area contributed by atoms with Crippen LogP contribution in [0.1, 0.15) is 18.6 Å². The number of hydrogen-bond acceptors (Lipinski definition) is 4. The molecule has 0 radical (unpaired) electrons. The van der Waals surface area contributed by atoms with Crippen molar-refractivity contribution >= 4 is 5.96 Å². The fourth-order valence-electron chi connectivity index (χ4n) is 3.20. The molecule has 2 fully saturated rings. The van der Waals surface area contributed by atoms with Crippen LogP contribution < -0.4 is 10.6 Å². The Labute approximate surface area is 131 Å². The van der Waals surface area contributed by atoms with Gasteiger partial charge in [0.1, 0.15) is 5.76 Å². The van der Waals surface area contributed by atoms with Gasteiger partial charge >= 0.3 is 0 Å². The van der Waals surface area contributed by atoms with Crippen LogP contribution in [0.15, 0.2) is 27.8 Å². The number of morpholine rings is 1. The number of nitrogens with zero attached hydrogens (tertiary/aromatic N) is 2. The van der Waals surface area contributed by atoms with E-state index in [1.807, 2.05) is 12.1 Å². The van der Waals surface area contributed by atoms with E-state index in [0.717, 1.165) is 44.4 Å². The lowest BCUT2D eigenvalue weighted by Crippen LogP contribution is -2.51. The van der Waals surface area contributed by atoms with E-state index < -0.39 is 0 Å². The second kappa shape index (κ2) is 7.65. The molecule has 2 unspecified atom stereocenters. The summed E-state index contributed by atoms with van der Waals surface area (Å²) in [6.45, 7) is 4.72. The lowest BCUT2D eigenvalue weighted by Gasteiger charge is -2.35. The monoisotopic (exact) mass is 306 g/mol. The number of furan rings is 1. The third-order valence-corrected chi connectivity index (χ3v) is 4.43. The van der Waals surface area contributed by atoms with E-state index in [9.17, 15) is 0 Å². The number of fused-ring (bicyclic) bond motifs is 1. The van der Waals surface area contributed by atoms with Crippen molar-refractivity contribution in [3.63, 3.8) is 0 Å². The summed E-state index contributed by atoms with van der Waals surface area (Å²) in [5, 5.41) is 6.66. The molecule has 2 N–H and O–H groups in total. The average molecular weight is 306 g/mol. The minimum atomic E-state index is 0.248. The Bertz CT molecular complexity index is 475. The highest BCUT2D eigenvalue weighted by molar-refractivity contribution is 5.79. The molecule has 0 saturated carbocycles. The average Bonchev–Trinajstić information content (AvgIpc) is 3.21. The standard InChI is InChI=1S/C16H26N4O2/c1-17-16(18-7-6-14-5-3-9-21-14)19-10-15-11-20-8-2-4-13(20)12-22-15/h3,5,9,13,15H,2,4,6-8,10-12H2,1H3,(H2,17,18,19). The molecule has 1 aromatic rings. The molecule has 2 aliphatic rings. The van der Waals surface area contributed by atoms with E-state index in [0.29, 0.717) is 6.04 Å². The van der Waals surface area contributed by atoms with Gasteiger partial charge in [0.05, 0.1) is 19.0 Å². The van der Waals surface area contributed by atoms with Gasteiger partial charge in [-0.05, 0) is 31.5 Å². The Morgan fingerprint density at radius 1 is 1.45 bits per heavy atom. The second-order valence-corrected chi connectivity index (χ2v) is 5.96. The first kappa shape index (κ1) is 15.4. The van der Waals surface area contributed by atoms with Gasteiger partial charge in [-0.15, -0.1) is 0 Å². The van der Waals surface area contributed by atoms with Crippen molar-refractivity contribution in [2.45, 2.75) is 31.4 Å². The van der Waals surface area contributed by atoms with Crippen LogP contribution in [-0.4, -0.2) is 62.8 Å². The van der Waals surface area contributed by atoms with Gasteiger partial charge in [0, 0.05) is 39.1 Å². The smallest absolute Gasteiger partial charge is 0.191 e. The first-order chi connectivity index (χ1) is 10.8. The summed E-state index contributed by atoms with van der Waals surface area (Å²) in [4.78, 5) is 6.81. The summed E-state index contributed by atoms with van der Waals surface area (Å²) < 4.78 is 11.3. The van der Waals surface area contributed by atoms with Gasteiger partial charge in [0.15, 0.2) is 5.96 Å². The Morgan fingerprint density at radius 2 is 2.41 bits per heavy atom. The van der Waals surface area contributed by atoms with Crippen LogP contribution in [-0.2, 0) is 11.2 Å². The number of aliphatic imine (C=N–C) groups is 1. The summed E-state index contributed by atoms with van der Waals surface area (Å²) in [6.07, 6.45) is 5.40. The van der Waals surface area contributed by atoms with Crippen molar-refractivity contribution in [1.29, 1.82) is 0 Å². The van der Waals surface area contributed by atoms with E-state index in [2.05, 4.69) is 20.5 Å². The lowest BCUT2D eigenvalue weighted by molar-refractivity contribution is -0.0453. The molecule has 0 spiro atoms. The second-order valence-electron chi connectivity index (χ2n) is 5.96. The highest BCUT2D eigenvalue weighted by Crippen LogP contribution is 2.22. The van der Waals surface area contributed by atoms with Crippen LogP contribution in [0.5, 0.6) is 0 Å². The molecule has 0 aromatic carbocycles. The van der Waals surface area contributed by atoms with Gasteiger partial charge in [-0.2, -0.15) is 0 Å². The summed E-state index contributed by atoms with van der Waals surface area (Å²) in [5.41, 5.74) is 0. The zero-order chi connectivity index (χ0) is 15.2. The topological polar surface area (TPSA) is 62.0 Å². The third-order valence-electron chi connectivity index (χ3n) is 4.43. The third kappa shape index (κ3) is 4.01. The summed E-state index contributed by atoms with van der Waals surface area (Å²) in [6, 6.07) is 4.55. The van der Waals surface area contributed by atoms with Crippen LogP contribution in [0.2, 0.25) is 0 Å². The molecule has 22 heavy (non-hydrogen) atoms. The summed E-state index contributed by atoms with van der Waals surface area (Å²) >= 11 is 0. The predicted molar refractivity (Wildman–Crippen MR) is 86.1 cm³/mol. The Balaban J connectivity index is 1.36. The van der Waals surface area contributed by atoms with Crippen molar-refractivity contribution in [3.05, 3.63) is 24.2 Å². The van der Waals surface area contributed by atoms with Crippen LogP contribution in [0, 0.1) is 0 Å². The molecule has 3 rings (SSSR count). The molecular formula is C16H26N4O2. The molecule has 6 nitrogen and oxygen atoms in total. The van der Waals surface area contributed by atoms with Crippen molar-refractivity contribution in [3.8, 4) is 0 Å².